The van der Waals surface area contributed by atoms with E-state index in [0.29, 0.717) is 22.9 Å². The van der Waals surface area contributed by atoms with Crippen LogP contribution >= 0.6 is 0 Å². The summed E-state index contributed by atoms with van der Waals surface area (Å²) in [5.74, 6) is 1.33. The van der Waals surface area contributed by atoms with E-state index in [0.717, 1.165) is 11.1 Å². The van der Waals surface area contributed by atoms with Gasteiger partial charge in [0.1, 0.15) is 11.5 Å². The zero-order chi connectivity index (χ0) is 21.6. The molecular weight excluding hydrogens is 402 g/mol. The molecule has 3 aromatic rings. The fourth-order valence-corrected chi connectivity index (χ4v) is 3.70. The molecule has 0 atom stereocenters. The van der Waals surface area contributed by atoms with Crippen molar-refractivity contribution in [2.75, 3.05) is 24.4 Å². The molecule has 3 rings (SSSR count). The molecule has 0 amide bonds. The fraction of sp³-hybridized carbons (Fsp3) is 0.136. The monoisotopic (exact) mass is 425 g/mol. The highest BCUT2D eigenvalue weighted by Gasteiger charge is 2.13. The summed E-state index contributed by atoms with van der Waals surface area (Å²) in [6.45, 7) is 1.91. The molecule has 0 aliphatic carbocycles. The maximum Gasteiger partial charge on any atom is 0.261 e. The van der Waals surface area contributed by atoms with Crippen LogP contribution in [0.2, 0.25) is 0 Å². The van der Waals surface area contributed by atoms with Gasteiger partial charge in [-0.05, 0) is 55.5 Å². The van der Waals surface area contributed by atoms with Gasteiger partial charge in [-0.3, -0.25) is 10.1 Å². The van der Waals surface area contributed by atoms with Crippen LogP contribution in [0.4, 0.5) is 11.4 Å². The number of nitrogens with one attached hydrogen (secondary N) is 2. The van der Waals surface area contributed by atoms with Crippen LogP contribution in [-0.4, -0.2) is 28.9 Å². The van der Waals surface area contributed by atoms with Crippen LogP contribution in [0.5, 0.6) is 11.5 Å². The fourth-order valence-electron chi connectivity index (χ4n) is 2.65. The van der Waals surface area contributed by atoms with Gasteiger partial charge in [0.2, 0.25) is 0 Å². The van der Waals surface area contributed by atoms with E-state index in [9.17, 15) is 8.42 Å². The van der Waals surface area contributed by atoms with Crippen LogP contribution in [0.15, 0.2) is 76.7 Å². The van der Waals surface area contributed by atoms with Crippen LogP contribution in [0.25, 0.3) is 0 Å². The van der Waals surface area contributed by atoms with Gasteiger partial charge in [0.25, 0.3) is 10.0 Å². The number of hydrogen-bond acceptors (Lipinski definition) is 6. The number of benzene rings is 3. The quantitative estimate of drug-likeness (QED) is 0.416. The van der Waals surface area contributed by atoms with E-state index in [1.54, 1.807) is 75.0 Å². The summed E-state index contributed by atoms with van der Waals surface area (Å²) < 4.78 is 38.0. The SMILES string of the molecule is COc1ccc(/C=N\Nc2ccc(NS(=O)(=O)c3ccc(C)cc3)cc2)c(OC)c1. The number of hydrazone groups is 1. The first-order chi connectivity index (χ1) is 14.4. The molecule has 3 aromatic carbocycles. The lowest BCUT2D eigenvalue weighted by Crippen LogP contribution is -2.12. The predicted octanol–water partition coefficient (Wildman–Crippen LogP) is 4.26. The number of aryl methyl sites for hydroxylation is 1. The van der Waals surface area contributed by atoms with Crippen LogP contribution in [0, 0.1) is 6.92 Å². The van der Waals surface area contributed by atoms with E-state index in [4.69, 9.17) is 9.47 Å². The molecule has 0 spiro atoms. The van der Waals surface area contributed by atoms with Crippen molar-refractivity contribution in [3.05, 3.63) is 77.9 Å². The summed E-state index contributed by atoms with van der Waals surface area (Å²) in [6.07, 6.45) is 1.63. The van der Waals surface area contributed by atoms with E-state index in [1.165, 1.54) is 0 Å². The number of anilines is 2. The average molecular weight is 426 g/mol. The van der Waals surface area contributed by atoms with Crippen molar-refractivity contribution in [1.29, 1.82) is 0 Å². The average Bonchev–Trinajstić information content (AvgIpc) is 2.75. The van der Waals surface area contributed by atoms with Gasteiger partial charge in [0.05, 0.1) is 31.0 Å². The Bertz CT molecular complexity index is 1130. The minimum atomic E-state index is -3.63. The number of nitrogens with zero attached hydrogens (tertiary/aromatic N) is 1. The normalized spacial score (nSPS) is 11.3. The molecule has 30 heavy (non-hydrogen) atoms. The van der Waals surface area contributed by atoms with Gasteiger partial charge in [-0.2, -0.15) is 5.10 Å². The molecule has 0 fully saturated rings. The lowest BCUT2D eigenvalue weighted by atomic mass is 10.2. The highest BCUT2D eigenvalue weighted by Crippen LogP contribution is 2.23. The number of ether oxygens (including phenoxy) is 2. The molecule has 0 aliphatic rings. The molecular formula is C22H23N3O4S. The highest BCUT2D eigenvalue weighted by atomic mass is 32.2. The Morgan fingerprint density at radius 2 is 1.53 bits per heavy atom. The zero-order valence-electron chi connectivity index (χ0n) is 16.9. The second-order valence-electron chi connectivity index (χ2n) is 6.47. The standard InChI is InChI=1S/C22H23N3O4S/c1-16-4-12-21(13-5-16)30(26,27)25-19-9-7-18(8-10-19)24-23-15-17-6-11-20(28-2)14-22(17)29-3/h4-15,24-25H,1-3H3/b23-15-. The second kappa shape index (κ2) is 9.32. The van der Waals surface area contributed by atoms with Gasteiger partial charge in [-0.15, -0.1) is 0 Å². The number of hydrogen-bond donors (Lipinski definition) is 2. The van der Waals surface area contributed by atoms with Gasteiger partial charge >= 0.3 is 0 Å². The van der Waals surface area contributed by atoms with Crippen LogP contribution < -0.4 is 19.6 Å². The Morgan fingerprint density at radius 1 is 0.867 bits per heavy atom. The van der Waals surface area contributed by atoms with E-state index < -0.39 is 10.0 Å². The Labute approximate surface area is 176 Å². The first-order valence-electron chi connectivity index (χ1n) is 9.12. The number of methoxy groups -OCH3 is 2. The minimum absolute atomic E-state index is 0.216. The van der Waals surface area contributed by atoms with Crippen molar-refractivity contribution in [1.82, 2.24) is 0 Å². The highest BCUT2D eigenvalue weighted by molar-refractivity contribution is 7.92. The largest absolute Gasteiger partial charge is 0.497 e. The third kappa shape index (κ3) is 5.30. The first kappa shape index (κ1) is 21.2. The van der Waals surface area contributed by atoms with Crippen LogP contribution in [0.1, 0.15) is 11.1 Å². The van der Waals surface area contributed by atoms with Crippen LogP contribution in [-0.2, 0) is 10.0 Å². The Balaban J connectivity index is 1.65. The van der Waals surface area contributed by atoms with Crippen molar-refractivity contribution in [3.63, 3.8) is 0 Å². The van der Waals surface area contributed by atoms with Crippen molar-refractivity contribution in [2.45, 2.75) is 11.8 Å². The predicted molar refractivity (Wildman–Crippen MR) is 119 cm³/mol. The Morgan fingerprint density at radius 3 is 2.17 bits per heavy atom. The van der Waals surface area contributed by atoms with Crippen molar-refractivity contribution < 1.29 is 17.9 Å². The molecule has 0 aliphatic heterocycles. The van der Waals surface area contributed by atoms with E-state index in [1.807, 2.05) is 19.1 Å². The van der Waals surface area contributed by atoms with Gasteiger partial charge in [-0.25, -0.2) is 8.42 Å². The Hall–Kier alpha value is -3.52. The maximum absolute atomic E-state index is 12.5. The van der Waals surface area contributed by atoms with E-state index >= 15 is 0 Å². The molecule has 0 heterocycles. The third-order valence-corrected chi connectivity index (χ3v) is 5.70. The van der Waals surface area contributed by atoms with Gasteiger partial charge < -0.3 is 9.47 Å². The summed E-state index contributed by atoms with van der Waals surface area (Å²) >= 11 is 0. The summed E-state index contributed by atoms with van der Waals surface area (Å²) in [7, 11) is -0.462. The minimum Gasteiger partial charge on any atom is -0.497 e. The van der Waals surface area contributed by atoms with Gasteiger partial charge in [0.15, 0.2) is 0 Å². The number of rotatable bonds is 8. The molecule has 0 saturated heterocycles. The van der Waals surface area contributed by atoms with E-state index in [2.05, 4.69) is 15.2 Å². The molecule has 0 bridgehead atoms. The number of sulfonamides is 1. The molecule has 2 N–H and O–H groups in total. The molecule has 0 saturated carbocycles. The summed E-state index contributed by atoms with van der Waals surface area (Å²) in [4.78, 5) is 0.216. The van der Waals surface area contributed by atoms with Crippen molar-refractivity contribution in [3.8, 4) is 11.5 Å². The van der Waals surface area contributed by atoms with Crippen molar-refractivity contribution >= 4 is 27.6 Å². The zero-order valence-corrected chi connectivity index (χ0v) is 17.7. The van der Waals surface area contributed by atoms with Crippen molar-refractivity contribution in [2.24, 2.45) is 5.10 Å². The molecule has 7 nitrogen and oxygen atoms in total. The molecule has 0 unspecified atom stereocenters. The topological polar surface area (TPSA) is 89.0 Å². The van der Waals surface area contributed by atoms with E-state index in [-0.39, 0.29) is 4.90 Å². The lowest BCUT2D eigenvalue weighted by molar-refractivity contribution is 0.394. The van der Waals surface area contributed by atoms with Crippen LogP contribution in [0.3, 0.4) is 0 Å². The molecule has 8 heteroatoms. The van der Waals surface area contributed by atoms with Gasteiger partial charge in [0, 0.05) is 17.3 Å². The summed E-state index contributed by atoms with van der Waals surface area (Å²) in [5.41, 5.74) is 5.85. The second-order valence-corrected chi connectivity index (χ2v) is 8.16. The Kier molecular flexibility index (Phi) is 6.58. The smallest absolute Gasteiger partial charge is 0.261 e. The lowest BCUT2D eigenvalue weighted by Gasteiger charge is -2.09. The summed E-state index contributed by atoms with van der Waals surface area (Å²) in [6, 6.07) is 18.9. The molecule has 0 radical (unpaired) electrons. The third-order valence-electron chi connectivity index (χ3n) is 4.31. The molecule has 156 valence electrons. The first-order valence-corrected chi connectivity index (χ1v) is 10.6. The molecule has 0 aromatic heterocycles. The summed E-state index contributed by atoms with van der Waals surface area (Å²) in [5, 5.41) is 4.20. The maximum atomic E-state index is 12.5. The van der Waals surface area contributed by atoms with Gasteiger partial charge in [-0.1, -0.05) is 17.7 Å².